The van der Waals surface area contributed by atoms with Crippen LogP contribution in [0.5, 0.6) is 0 Å². The lowest BCUT2D eigenvalue weighted by Crippen LogP contribution is -2.32. The Balaban J connectivity index is 2.95. The molecule has 1 N–H and O–H groups in total. The minimum Gasteiger partial charge on any atom is -0.313 e. The molecule has 0 bridgehead atoms. The van der Waals surface area contributed by atoms with Crippen molar-refractivity contribution in [2.75, 3.05) is 7.05 Å². The Labute approximate surface area is 84.0 Å². The first-order chi connectivity index (χ1) is 6.54. The van der Waals surface area contributed by atoms with Crippen LogP contribution in [-0.2, 0) is 0 Å². The second-order valence-electron chi connectivity index (χ2n) is 3.77. The van der Waals surface area contributed by atoms with E-state index < -0.39 is 0 Å². The summed E-state index contributed by atoms with van der Waals surface area (Å²) in [4.78, 5) is 20.1. The van der Waals surface area contributed by atoms with Crippen molar-refractivity contribution in [3.63, 3.8) is 0 Å². The smallest absolute Gasteiger partial charge is 0.255 e. The molecule has 0 aliphatic rings. The van der Waals surface area contributed by atoms with Crippen molar-refractivity contribution in [1.29, 1.82) is 0 Å². The third-order valence-electron chi connectivity index (χ3n) is 2.62. The minimum atomic E-state index is -0.0556. The van der Waals surface area contributed by atoms with E-state index in [9.17, 15) is 4.79 Å². The van der Waals surface area contributed by atoms with Crippen LogP contribution in [0.4, 0.5) is 0 Å². The average Bonchev–Trinajstić information content (AvgIpc) is 2.16. The quantitative estimate of drug-likeness (QED) is 0.787. The lowest BCUT2D eigenvalue weighted by Gasteiger charge is -2.27. The molecule has 1 aromatic rings. The molecule has 1 aromatic heterocycles. The Morgan fingerprint density at radius 1 is 1.43 bits per heavy atom. The fourth-order valence-electron chi connectivity index (χ4n) is 1.32. The maximum absolute atomic E-state index is 11.5. The van der Waals surface area contributed by atoms with Gasteiger partial charge in [0, 0.05) is 18.3 Å². The van der Waals surface area contributed by atoms with Gasteiger partial charge in [0.15, 0.2) is 0 Å². The van der Waals surface area contributed by atoms with Gasteiger partial charge < -0.3 is 4.98 Å². The zero-order chi connectivity index (χ0) is 10.7. The summed E-state index contributed by atoms with van der Waals surface area (Å²) in [5.74, 6) is 0. The van der Waals surface area contributed by atoms with Crippen LogP contribution in [0.2, 0.25) is 0 Å². The Morgan fingerprint density at radius 3 is 2.57 bits per heavy atom. The van der Waals surface area contributed by atoms with E-state index in [2.05, 4.69) is 28.7 Å². The van der Waals surface area contributed by atoms with Gasteiger partial charge in [-0.25, -0.2) is 4.98 Å². The van der Waals surface area contributed by atoms with Crippen LogP contribution in [0, 0.1) is 0 Å². The summed E-state index contributed by atoms with van der Waals surface area (Å²) in [6.07, 6.45) is 3.04. The number of aromatic amines is 1. The number of hydrogen-bond donors (Lipinski definition) is 1. The maximum atomic E-state index is 11.5. The molecule has 1 heterocycles. The fraction of sp³-hybridized carbons (Fsp3) is 0.600. The first-order valence-corrected chi connectivity index (χ1v) is 4.78. The highest BCUT2D eigenvalue weighted by Crippen LogP contribution is 2.15. The molecule has 0 amide bonds. The highest BCUT2D eigenvalue weighted by molar-refractivity contribution is 5.08. The molecule has 4 nitrogen and oxygen atoms in total. The molecule has 0 saturated carbocycles. The summed E-state index contributed by atoms with van der Waals surface area (Å²) in [5.41, 5.74) is 0.656. The van der Waals surface area contributed by atoms with Gasteiger partial charge in [-0.15, -0.1) is 0 Å². The molecular formula is C10H17N3O. The molecular weight excluding hydrogens is 178 g/mol. The normalized spacial score (nSPS) is 13.6. The molecule has 0 fully saturated rings. The molecule has 78 valence electrons. The minimum absolute atomic E-state index is 0.0556. The molecule has 1 atom stereocenters. The van der Waals surface area contributed by atoms with E-state index >= 15 is 0 Å². The summed E-state index contributed by atoms with van der Waals surface area (Å²) < 4.78 is 0. The second-order valence-corrected chi connectivity index (χ2v) is 3.77. The molecule has 1 rings (SSSR count). The molecule has 14 heavy (non-hydrogen) atoms. The Morgan fingerprint density at radius 2 is 2.07 bits per heavy atom. The molecule has 0 aliphatic carbocycles. The zero-order valence-electron chi connectivity index (χ0n) is 9.11. The average molecular weight is 195 g/mol. The maximum Gasteiger partial charge on any atom is 0.255 e. The predicted octanol–water partition coefficient (Wildman–Crippen LogP) is 1.17. The second kappa shape index (κ2) is 4.37. The standard InChI is InChI=1S/C10H17N3O/c1-7(2)13(4)8(3)9-5-11-6-12-10(9)14/h5-8H,1-4H3,(H,11,12,14). The number of aromatic nitrogens is 2. The number of H-pyrrole nitrogens is 1. The van der Waals surface area contributed by atoms with Crippen LogP contribution in [0.15, 0.2) is 17.3 Å². The zero-order valence-corrected chi connectivity index (χ0v) is 9.11. The van der Waals surface area contributed by atoms with Crippen molar-refractivity contribution in [1.82, 2.24) is 14.9 Å². The van der Waals surface area contributed by atoms with Gasteiger partial charge >= 0.3 is 0 Å². The van der Waals surface area contributed by atoms with E-state index in [4.69, 9.17) is 0 Å². The number of nitrogens with zero attached hydrogens (tertiary/aromatic N) is 2. The summed E-state index contributed by atoms with van der Waals surface area (Å²) >= 11 is 0. The summed E-state index contributed by atoms with van der Waals surface area (Å²) in [5, 5.41) is 0. The van der Waals surface area contributed by atoms with Crippen molar-refractivity contribution in [2.24, 2.45) is 0 Å². The van der Waals surface area contributed by atoms with Gasteiger partial charge in [-0.2, -0.15) is 0 Å². The third-order valence-corrected chi connectivity index (χ3v) is 2.62. The fourth-order valence-corrected chi connectivity index (χ4v) is 1.32. The van der Waals surface area contributed by atoms with Crippen molar-refractivity contribution in [3.8, 4) is 0 Å². The summed E-state index contributed by atoms with van der Waals surface area (Å²) in [6, 6.07) is 0.497. The number of nitrogens with one attached hydrogen (secondary N) is 1. The van der Waals surface area contributed by atoms with E-state index in [1.807, 2.05) is 14.0 Å². The molecule has 0 spiro atoms. The number of rotatable bonds is 3. The Kier molecular flexibility index (Phi) is 3.41. The van der Waals surface area contributed by atoms with E-state index in [1.165, 1.54) is 6.33 Å². The van der Waals surface area contributed by atoms with Gasteiger partial charge in [0.1, 0.15) is 0 Å². The van der Waals surface area contributed by atoms with Crippen LogP contribution in [0.3, 0.4) is 0 Å². The van der Waals surface area contributed by atoms with Crippen molar-refractivity contribution < 1.29 is 0 Å². The lowest BCUT2D eigenvalue weighted by molar-refractivity contribution is 0.208. The largest absolute Gasteiger partial charge is 0.313 e. The summed E-state index contributed by atoms with van der Waals surface area (Å²) in [6.45, 7) is 6.20. The van der Waals surface area contributed by atoms with E-state index in [0.717, 1.165) is 0 Å². The first kappa shape index (κ1) is 10.9. The molecule has 1 unspecified atom stereocenters. The lowest BCUT2D eigenvalue weighted by atomic mass is 10.1. The van der Waals surface area contributed by atoms with Gasteiger partial charge in [0.2, 0.25) is 0 Å². The van der Waals surface area contributed by atoms with Crippen molar-refractivity contribution in [3.05, 3.63) is 28.4 Å². The van der Waals surface area contributed by atoms with Crippen molar-refractivity contribution in [2.45, 2.75) is 32.9 Å². The van der Waals surface area contributed by atoms with Crippen LogP contribution >= 0.6 is 0 Å². The predicted molar refractivity (Wildman–Crippen MR) is 56.2 cm³/mol. The third kappa shape index (κ3) is 2.20. The van der Waals surface area contributed by atoms with Gasteiger partial charge in [-0.3, -0.25) is 9.69 Å². The Hall–Kier alpha value is -1.16. The van der Waals surface area contributed by atoms with Gasteiger partial charge in [-0.05, 0) is 27.8 Å². The summed E-state index contributed by atoms with van der Waals surface area (Å²) in [7, 11) is 2.00. The monoisotopic (exact) mass is 195 g/mol. The topological polar surface area (TPSA) is 49.0 Å². The van der Waals surface area contributed by atoms with E-state index in [0.29, 0.717) is 11.6 Å². The highest BCUT2D eigenvalue weighted by atomic mass is 16.1. The van der Waals surface area contributed by atoms with Gasteiger partial charge in [0.05, 0.1) is 11.9 Å². The van der Waals surface area contributed by atoms with Crippen LogP contribution in [0.25, 0.3) is 0 Å². The number of hydrogen-bond acceptors (Lipinski definition) is 3. The SMILES string of the molecule is CC(C)N(C)C(C)c1cnc[nH]c1=O. The van der Waals surface area contributed by atoms with Crippen molar-refractivity contribution >= 4 is 0 Å². The Bertz CT molecular complexity index is 345. The van der Waals surface area contributed by atoms with E-state index in [1.54, 1.807) is 6.20 Å². The molecule has 4 heteroatoms. The van der Waals surface area contributed by atoms with E-state index in [-0.39, 0.29) is 11.6 Å². The van der Waals surface area contributed by atoms with Crippen LogP contribution < -0.4 is 5.56 Å². The van der Waals surface area contributed by atoms with Crippen LogP contribution in [0.1, 0.15) is 32.4 Å². The van der Waals surface area contributed by atoms with Crippen LogP contribution in [-0.4, -0.2) is 28.0 Å². The molecule has 0 aromatic carbocycles. The van der Waals surface area contributed by atoms with Gasteiger partial charge in [0.25, 0.3) is 5.56 Å². The molecule has 0 aliphatic heterocycles. The first-order valence-electron chi connectivity index (χ1n) is 4.78. The molecule has 0 saturated heterocycles. The molecule has 0 radical (unpaired) electrons. The van der Waals surface area contributed by atoms with Gasteiger partial charge in [-0.1, -0.05) is 0 Å². The highest BCUT2D eigenvalue weighted by Gasteiger charge is 2.16.